The first-order chi connectivity index (χ1) is 10.1. The summed E-state index contributed by atoms with van der Waals surface area (Å²) >= 11 is 1.62. The highest BCUT2D eigenvalue weighted by Crippen LogP contribution is 2.57. The molecule has 0 N–H and O–H groups in total. The molecule has 5 heteroatoms. The third kappa shape index (κ3) is 2.30. The molecule has 0 bridgehead atoms. The van der Waals surface area contributed by atoms with Crippen LogP contribution in [0.1, 0.15) is 17.1 Å². The highest BCUT2D eigenvalue weighted by molar-refractivity contribution is 7.09. The minimum absolute atomic E-state index is 0.0733. The van der Waals surface area contributed by atoms with Crippen LogP contribution in [-0.2, 0) is 0 Å². The van der Waals surface area contributed by atoms with Crippen molar-refractivity contribution in [3.05, 3.63) is 40.4 Å². The van der Waals surface area contributed by atoms with E-state index < -0.39 is 0 Å². The molecule has 4 rings (SSSR count). The molecule has 2 fully saturated rings. The normalized spacial score (nSPS) is 26.2. The molecule has 2 atom stereocenters. The third-order valence-corrected chi connectivity index (χ3v) is 5.03. The monoisotopic (exact) mass is 299 g/mol. The second-order valence-electron chi connectivity index (χ2n) is 5.80. The second-order valence-corrected chi connectivity index (χ2v) is 6.86. The zero-order chi connectivity index (χ0) is 14.4. The number of halogens is 1. The van der Waals surface area contributed by atoms with Gasteiger partial charge in [0.2, 0.25) is 0 Å². The van der Waals surface area contributed by atoms with E-state index in [1.54, 1.807) is 23.6 Å². The number of rotatable bonds is 1. The van der Waals surface area contributed by atoms with E-state index in [9.17, 15) is 4.39 Å². The van der Waals surface area contributed by atoms with Gasteiger partial charge in [-0.25, -0.2) is 9.37 Å². The molecule has 0 spiro atoms. The zero-order valence-corrected chi connectivity index (χ0v) is 12.5. The number of fused-ring (bicyclic) bond motifs is 1. The fraction of sp³-hybridized carbons (Fsp3) is 0.375. The molecule has 2 aromatic heterocycles. The van der Waals surface area contributed by atoms with E-state index in [4.69, 9.17) is 0 Å². The molecule has 1 saturated carbocycles. The zero-order valence-electron chi connectivity index (χ0n) is 11.6. The molecular formula is C16H14FN3S. The standard InChI is InChI=1S/C16H14FN3S/c1-11-19-14(9-21-11)2-3-16-5-12(16)8-20(10-16)15-4-13(17)6-18-7-15/h4,6-7,9,12H,5,8,10H2,1H3. The number of anilines is 1. The van der Waals surface area contributed by atoms with Crippen molar-refractivity contribution in [3.63, 3.8) is 0 Å². The van der Waals surface area contributed by atoms with Crippen molar-refractivity contribution in [1.82, 2.24) is 9.97 Å². The topological polar surface area (TPSA) is 29.0 Å². The lowest BCUT2D eigenvalue weighted by Crippen LogP contribution is -2.24. The highest BCUT2D eigenvalue weighted by Gasteiger charge is 2.59. The van der Waals surface area contributed by atoms with Crippen LogP contribution in [0.5, 0.6) is 0 Å². The number of hydrogen-bond donors (Lipinski definition) is 0. The quantitative estimate of drug-likeness (QED) is 0.758. The first-order valence-electron chi connectivity index (χ1n) is 6.95. The van der Waals surface area contributed by atoms with Crippen molar-refractivity contribution in [2.45, 2.75) is 13.3 Å². The van der Waals surface area contributed by atoms with Crippen LogP contribution in [-0.4, -0.2) is 23.1 Å². The van der Waals surface area contributed by atoms with Crippen LogP contribution in [0.2, 0.25) is 0 Å². The van der Waals surface area contributed by atoms with E-state index in [0.717, 1.165) is 35.9 Å². The molecule has 0 amide bonds. The molecule has 106 valence electrons. The Morgan fingerprint density at radius 2 is 2.38 bits per heavy atom. The van der Waals surface area contributed by atoms with Crippen molar-refractivity contribution in [3.8, 4) is 11.8 Å². The maximum atomic E-state index is 13.3. The van der Waals surface area contributed by atoms with Crippen molar-refractivity contribution in [1.29, 1.82) is 0 Å². The summed E-state index contributed by atoms with van der Waals surface area (Å²) in [5, 5.41) is 3.04. The average molecular weight is 299 g/mol. The number of piperidine rings is 1. The Morgan fingerprint density at radius 1 is 1.48 bits per heavy atom. The van der Waals surface area contributed by atoms with Gasteiger partial charge in [0, 0.05) is 24.5 Å². The molecule has 1 aliphatic carbocycles. The Labute approximate surface area is 126 Å². The predicted molar refractivity (Wildman–Crippen MR) is 80.7 cm³/mol. The van der Waals surface area contributed by atoms with Crippen LogP contribution in [0.3, 0.4) is 0 Å². The van der Waals surface area contributed by atoms with Crippen LogP contribution in [0, 0.1) is 35.9 Å². The SMILES string of the molecule is Cc1nc(C#CC23CC2CN(c2cncc(F)c2)C3)cs1. The van der Waals surface area contributed by atoms with Gasteiger partial charge in [0.25, 0.3) is 0 Å². The van der Waals surface area contributed by atoms with Gasteiger partial charge in [0.05, 0.1) is 28.5 Å². The van der Waals surface area contributed by atoms with Gasteiger partial charge in [-0.15, -0.1) is 11.3 Å². The molecule has 2 aromatic rings. The number of thiazole rings is 1. The molecule has 2 aliphatic rings. The third-order valence-electron chi connectivity index (χ3n) is 4.26. The minimum atomic E-state index is -0.286. The van der Waals surface area contributed by atoms with Crippen LogP contribution in [0.4, 0.5) is 10.1 Å². The maximum absolute atomic E-state index is 13.3. The smallest absolute Gasteiger partial charge is 0.143 e. The van der Waals surface area contributed by atoms with E-state index in [-0.39, 0.29) is 11.2 Å². The maximum Gasteiger partial charge on any atom is 0.143 e. The Morgan fingerprint density at radius 3 is 3.14 bits per heavy atom. The summed E-state index contributed by atoms with van der Waals surface area (Å²) in [7, 11) is 0. The summed E-state index contributed by atoms with van der Waals surface area (Å²) in [6.07, 6.45) is 4.10. The molecule has 3 heterocycles. The van der Waals surface area contributed by atoms with Crippen LogP contribution in [0.25, 0.3) is 0 Å². The van der Waals surface area contributed by atoms with E-state index in [2.05, 4.69) is 26.7 Å². The van der Waals surface area contributed by atoms with Gasteiger partial charge in [0.1, 0.15) is 11.5 Å². The summed E-state index contributed by atoms with van der Waals surface area (Å²) < 4.78 is 13.3. The van der Waals surface area contributed by atoms with Gasteiger partial charge in [-0.3, -0.25) is 4.98 Å². The molecule has 0 radical (unpaired) electrons. The Hall–Kier alpha value is -1.93. The number of nitrogens with zero attached hydrogens (tertiary/aromatic N) is 3. The lowest BCUT2D eigenvalue weighted by atomic mass is 10.1. The van der Waals surface area contributed by atoms with Gasteiger partial charge >= 0.3 is 0 Å². The Bertz CT molecular complexity index is 760. The second kappa shape index (κ2) is 4.54. The molecule has 21 heavy (non-hydrogen) atoms. The summed E-state index contributed by atoms with van der Waals surface area (Å²) in [4.78, 5) is 10.5. The predicted octanol–water partition coefficient (Wildman–Crippen LogP) is 2.86. The van der Waals surface area contributed by atoms with Gasteiger partial charge < -0.3 is 4.90 Å². The van der Waals surface area contributed by atoms with E-state index >= 15 is 0 Å². The summed E-state index contributed by atoms with van der Waals surface area (Å²) in [6, 6.07) is 1.54. The molecule has 2 unspecified atom stereocenters. The lowest BCUT2D eigenvalue weighted by Gasteiger charge is -2.20. The Balaban J connectivity index is 1.53. The molecule has 3 nitrogen and oxygen atoms in total. The highest BCUT2D eigenvalue weighted by atomic mass is 32.1. The number of hydrogen-bond acceptors (Lipinski definition) is 4. The average Bonchev–Trinajstić information content (AvgIpc) is 2.82. The van der Waals surface area contributed by atoms with Crippen molar-refractivity contribution in [2.24, 2.45) is 11.3 Å². The van der Waals surface area contributed by atoms with E-state index in [1.807, 2.05) is 12.3 Å². The largest absolute Gasteiger partial charge is 0.368 e. The summed E-state index contributed by atoms with van der Waals surface area (Å²) in [6.45, 7) is 3.79. The van der Waals surface area contributed by atoms with E-state index in [1.165, 1.54) is 6.20 Å². The van der Waals surface area contributed by atoms with Crippen molar-refractivity contribution < 1.29 is 4.39 Å². The lowest BCUT2D eigenvalue weighted by molar-refractivity contribution is 0.619. The van der Waals surface area contributed by atoms with E-state index in [0.29, 0.717) is 5.92 Å². The molecular weight excluding hydrogens is 285 g/mol. The molecule has 1 aliphatic heterocycles. The molecule has 0 aromatic carbocycles. The fourth-order valence-corrected chi connectivity index (χ4v) is 3.60. The fourth-order valence-electron chi connectivity index (χ4n) is 3.06. The van der Waals surface area contributed by atoms with Crippen LogP contribution in [0.15, 0.2) is 23.8 Å². The van der Waals surface area contributed by atoms with Crippen molar-refractivity contribution >= 4 is 17.0 Å². The van der Waals surface area contributed by atoms with Gasteiger partial charge in [-0.05, 0) is 25.2 Å². The number of aryl methyl sites for hydroxylation is 1. The van der Waals surface area contributed by atoms with Crippen LogP contribution < -0.4 is 4.90 Å². The van der Waals surface area contributed by atoms with Crippen molar-refractivity contribution in [2.75, 3.05) is 18.0 Å². The Kier molecular flexibility index (Phi) is 2.76. The van der Waals surface area contributed by atoms with Crippen LogP contribution >= 0.6 is 11.3 Å². The first-order valence-corrected chi connectivity index (χ1v) is 7.83. The van der Waals surface area contributed by atoms with Gasteiger partial charge in [0.15, 0.2) is 0 Å². The summed E-state index contributed by atoms with van der Waals surface area (Å²) in [5.41, 5.74) is 1.79. The molecule has 1 saturated heterocycles. The minimum Gasteiger partial charge on any atom is -0.368 e. The first kappa shape index (κ1) is 12.8. The number of pyridine rings is 1. The number of aromatic nitrogens is 2. The van der Waals surface area contributed by atoms with Gasteiger partial charge in [-0.1, -0.05) is 5.92 Å². The van der Waals surface area contributed by atoms with Gasteiger partial charge in [-0.2, -0.15) is 0 Å². The summed E-state index contributed by atoms with van der Waals surface area (Å²) in [5.74, 6) is 6.93.